The number of morpholine rings is 1. The molecule has 18 heavy (non-hydrogen) atoms. The molecule has 1 fully saturated rings. The Morgan fingerprint density at radius 1 is 1.61 bits per heavy atom. The zero-order valence-electron chi connectivity index (χ0n) is 10.4. The molecule has 0 radical (unpaired) electrons. The third-order valence-electron chi connectivity index (χ3n) is 3.22. The number of thiocarbonyl (C=S) groups is 1. The van der Waals surface area contributed by atoms with Gasteiger partial charge in [0.2, 0.25) is 0 Å². The van der Waals surface area contributed by atoms with Gasteiger partial charge in [-0.1, -0.05) is 36.0 Å². The van der Waals surface area contributed by atoms with Crippen molar-refractivity contribution in [1.29, 1.82) is 0 Å². The summed E-state index contributed by atoms with van der Waals surface area (Å²) in [6, 6.07) is 6.18. The first-order valence-electron chi connectivity index (χ1n) is 5.98. The molecule has 1 unspecified atom stereocenters. The number of nitrogens with zero attached hydrogens (tertiary/aromatic N) is 1. The van der Waals surface area contributed by atoms with E-state index < -0.39 is 0 Å². The van der Waals surface area contributed by atoms with Gasteiger partial charge in [0.15, 0.2) is 0 Å². The number of nitrogens with two attached hydrogens (primary N) is 1. The lowest BCUT2D eigenvalue weighted by Gasteiger charge is -2.33. The largest absolute Gasteiger partial charge is 0.389 e. The van der Waals surface area contributed by atoms with Crippen LogP contribution in [0.5, 0.6) is 0 Å². The van der Waals surface area contributed by atoms with Crippen LogP contribution in [0.15, 0.2) is 18.2 Å². The van der Waals surface area contributed by atoms with Gasteiger partial charge < -0.3 is 10.5 Å². The summed E-state index contributed by atoms with van der Waals surface area (Å²) in [7, 11) is 0. The molecule has 0 spiro atoms. The zero-order chi connectivity index (χ0) is 13.1. The predicted molar refractivity (Wildman–Crippen MR) is 78.0 cm³/mol. The van der Waals surface area contributed by atoms with E-state index in [0.717, 1.165) is 42.5 Å². The normalized spacial score (nSPS) is 20.9. The maximum Gasteiger partial charge on any atom is 0.104 e. The van der Waals surface area contributed by atoms with Crippen LogP contribution < -0.4 is 5.73 Å². The minimum absolute atomic E-state index is 0.378. The van der Waals surface area contributed by atoms with Crippen LogP contribution in [-0.4, -0.2) is 35.7 Å². The zero-order valence-corrected chi connectivity index (χ0v) is 11.9. The number of benzene rings is 1. The first-order valence-corrected chi connectivity index (χ1v) is 6.76. The van der Waals surface area contributed by atoms with E-state index >= 15 is 0 Å². The van der Waals surface area contributed by atoms with E-state index in [4.69, 9.17) is 34.3 Å². The van der Waals surface area contributed by atoms with E-state index in [2.05, 4.69) is 11.8 Å². The van der Waals surface area contributed by atoms with Crippen molar-refractivity contribution in [2.24, 2.45) is 5.73 Å². The Labute approximate surface area is 118 Å². The minimum atomic E-state index is 0.378. The highest BCUT2D eigenvalue weighted by Crippen LogP contribution is 2.21. The molecule has 1 aromatic rings. The number of halogens is 1. The summed E-state index contributed by atoms with van der Waals surface area (Å²) in [6.07, 6.45) is 0. The van der Waals surface area contributed by atoms with Crippen LogP contribution in [0, 0.1) is 0 Å². The first kappa shape index (κ1) is 13.7. The van der Waals surface area contributed by atoms with E-state index in [1.807, 2.05) is 18.2 Å². The molecule has 1 aromatic carbocycles. The molecule has 2 rings (SSSR count). The molecular formula is C13H17ClN2OS. The summed E-state index contributed by atoms with van der Waals surface area (Å²) < 4.78 is 5.42. The highest BCUT2D eigenvalue weighted by molar-refractivity contribution is 7.80. The quantitative estimate of drug-likeness (QED) is 0.864. The maximum atomic E-state index is 6.27. The second kappa shape index (κ2) is 5.97. The summed E-state index contributed by atoms with van der Waals surface area (Å²) in [4.78, 5) is 2.74. The van der Waals surface area contributed by atoms with E-state index in [0.29, 0.717) is 11.0 Å². The standard InChI is InChI=1S/C13H17ClN2OS/c1-9-8-17-5-4-16(9)7-11-3-2-10(13(15)18)6-12(11)14/h2-3,6,9H,4-5,7-8H2,1H3,(H2,15,18). The summed E-state index contributed by atoms with van der Waals surface area (Å²) in [5.41, 5.74) is 7.50. The van der Waals surface area contributed by atoms with Gasteiger partial charge in [-0.3, -0.25) is 4.90 Å². The minimum Gasteiger partial charge on any atom is -0.389 e. The smallest absolute Gasteiger partial charge is 0.104 e. The van der Waals surface area contributed by atoms with Gasteiger partial charge in [0.25, 0.3) is 0 Å². The van der Waals surface area contributed by atoms with E-state index in [1.165, 1.54) is 0 Å². The van der Waals surface area contributed by atoms with Gasteiger partial charge in [-0.2, -0.15) is 0 Å². The average Bonchev–Trinajstić information content (AvgIpc) is 2.34. The van der Waals surface area contributed by atoms with Gasteiger partial charge in [-0.05, 0) is 18.6 Å². The Balaban J connectivity index is 2.11. The lowest BCUT2D eigenvalue weighted by atomic mass is 10.1. The fraction of sp³-hybridized carbons (Fsp3) is 0.462. The molecule has 1 atom stereocenters. The lowest BCUT2D eigenvalue weighted by Crippen LogP contribution is -2.42. The summed E-state index contributed by atoms with van der Waals surface area (Å²) in [5, 5.41) is 0.721. The van der Waals surface area contributed by atoms with Crippen molar-refractivity contribution in [3.63, 3.8) is 0 Å². The molecule has 98 valence electrons. The molecule has 1 aliphatic rings. The summed E-state index contributed by atoms with van der Waals surface area (Å²) >= 11 is 11.2. The van der Waals surface area contributed by atoms with Crippen LogP contribution in [0.25, 0.3) is 0 Å². The first-order chi connectivity index (χ1) is 8.58. The third-order valence-corrected chi connectivity index (χ3v) is 3.80. The molecule has 1 aliphatic heterocycles. The number of hydrogen-bond donors (Lipinski definition) is 1. The second-order valence-electron chi connectivity index (χ2n) is 4.56. The van der Waals surface area contributed by atoms with Gasteiger partial charge in [0, 0.05) is 29.7 Å². The molecule has 0 amide bonds. The topological polar surface area (TPSA) is 38.5 Å². The van der Waals surface area contributed by atoms with Crippen molar-refractivity contribution >= 4 is 28.8 Å². The fourth-order valence-electron chi connectivity index (χ4n) is 2.04. The Bertz CT molecular complexity index is 453. The third kappa shape index (κ3) is 3.20. The fourth-order valence-corrected chi connectivity index (χ4v) is 2.41. The van der Waals surface area contributed by atoms with Crippen LogP contribution in [0.3, 0.4) is 0 Å². The van der Waals surface area contributed by atoms with Crippen molar-refractivity contribution in [1.82, 2.24) is 4.90 Å². The number of hydrogen-bond acceptors (Lipinski definition) is 3. The van der Waals surface area contributed by atoms with Crippen LogP contribution >= 0.6 is 23.8 Å². The van der Waals surface area contributed by atoms with Crippen molar-refractivity contribution in [2.75, 3.05) is 19.8 Å². The van der Waals surface area contributed by atoms with Gasteiger partial charge in [-0.25, -0.2) is 0 Å². The molecule has 3 nitrogen and oxygen atoms in total. The van der Waals surface area contributed by atoms with Gasteiger partial charge >= 0.3 is 0 Å². The molecule has 1 saturated heterocycles. The monoisotopic (exact) mass is 284 g/mol. The molecule has 0 aliphatic carbocycles. The van der Waals surface area contributed by atoms with Crippen molar-refractivity contribution < 1.29 is 4.74 Å². The SMILES string of the molecule is CC1COCCN1Cc1ccc(C(N)=S)cc1Cl. The van der Waals surface area contributed by atoms with Crippen molar-refractivity contribution in [2.45, 2.75) is 19.5 Å². The Kier molecular flexibility index (Phi) is 4.56. The summed E-state index contributed by atoms with van der Waals surface area (Å²) in [5.74, 6) is 0. The second-order valence-corrected chi connectivity index (χ2v) is 5.41. The molecular weight excluding hydrogens is 268 g/mol. The molecule has 5 heteroatoms. The van der Waals surface area contributed by atoms with Crippen LogP contribution in [-0.2, 0) is 11.3 Å². The van der Waals surface area contributed by atoms with Crippen molar-refractivity contribution in [3.8, 4) is 0 Å². The predicted octanol–water partition coefficient (Wildman–Crippen LogP) is 2.19. The van der Waals surface area contributed by atoms with Gasteiger partial charge in [-0.15, -0.1) is 0 Å². The Hall–Kier alpha value is -0.680. The Morgan fingerprint density at radius 2 is 2.39 bits per heavy atom. The van der Waals surface area contributed by atoms with Gasteiger partial charge in [0.1, 0.15) is 4.99 Å². The van der Waals surface area contributed by atoms with Crippen LogP contribution in [0.4, 0.5) is 0 Å². The Morgan fingerprint density at radius 3 is 3.00 bits per heavy atom. The van der Waals surface area contributed by atoms with E-state index in [1.54, 1.807) is 0 Å². The van der Waals surface area contributed by atoms with E-state index in [-0.39, 0.29) is 0 Å². The highest BCUT2D eigenvalue weighted by Gasteiger charge is 2.19. The molecule has 1 heterocycles. The van der Waals surface area contributed by atoms with E-state index in [9.17, 15) is 0 Å². The molecule has 0 saturated carbocycles. The lowest BCUT2D eigenvalue weighted by molar-refractivity contribution is -0.00435. The highest BCUT2D eigenvalue weighted by atomic mass is 35.5. The number of rotatable bonds is 3. The van der Waals surface area contributed by atoms with Crippen molar-refractivity contribution in [3.05, 3.63) is 34.3 Å². The van der Waals surface area contributed by atoms with Crippen LogP contribution in [0.2, 0.25) is 5.02 Å². The molecule has 0 aromatic heterocycles. The molecule has 0 bridgehead atoms. The average molecular weight is 285 g/mol. The number of ether oxygens (including phenoxy) is 1. The van der Waals surface area contributed by atoms with Gasteiger partial charge in [0.05, 0.1) is 13.2 Å². The maximum absolute atomic E-state index is 6.27. The molecule has 2 N–H and O–H groups in total. The summed E-state index contributed by atoms with van der Waals surface area (Å²) in [6.45, 7) is 5.50. The van der Waals surface area contributed by atoms with Crippen LogP contribution in [0.1, 0.15) is 18.1 Å².